The van der Waals surface area contributed by atoms with Crippen LogP contribution in [-0.4, -0.2) is 21.4 Å². The number of carbonyl (C=O) groups is 1. The monoisotopic (exact) mass is 350 g/mol. The first-order valence-corrected chi connectivity index (χ1v) is 8.84. The second-order valence-corrected chi connectivity index (χ2v) is 7.29. The standard InChI is InChI=1S/C17H19FN2O3S/c1-11-8-9-13(24(22,23)19-3)10-15(11)17(21)20-12(2)14-6-4-5-7-16(14)18/h4-10,12,19H,1-3H3,(H,20,21)/t12-/m1/s1. The maximum Gasteiger partial charge on any atom is 0.252 e. The summed E-state index contributed by atoms with van der Waals surface area (Å²) in [5, 5.41) is 2.70. The first kappa shape index (κ1) is 18.1. The fraction of sp³-hybridized carbons (Fsp3) is 0.235. The van der Waals surface area contributed by atoms with Crippen LogP contribution < -0.4 is 10.0 Å². The highest BCUT2D eigenvalue weighted by molar-refractivity contribution is 7.89. The van der Waals surface area contributed by atoms with Gasteiger partial charge in [-0.2, -0.15) is 0 Å². The Labute approximate surface area is 141 Å². The van der Waals surface area contributed by atoms with Gasteiger partial charge in [0.1, 0.15) is 5.82 Å². The Morgan fingerprint density at radius 2 is 1.83 bits per heavy atom. The summed E-state index contributed by atoms with van der Waals surface area (Å²) >= 11 is 0. The zero-order valence-corrected chi connectivity index (χ0v) is 14.4. The van der Waals surface area contributed by atoms with Crippen molar-refractivity contribution in [2.45, 2.75) is 24.8 Å². The number of halogens is 1. The third-order valence-electron chi connectivity index (χ3n) is 3.75. The van der Waals surface area contributed by atoms with Gasteiger partial charge in [0.05, 0.1) is 10.9 Å². The van der Waals surface area contributed by atoms with Crippen molar-refractivity contribution < 1.29 is 17.6 Å². The fourth-order valence-corrected chi connectivity index (χ4v) is 3.07. The number of rotatable bonds is 5. The van der Waals surface area contributed by atoms with E-state index in [1.54, 1.807) is 38.1 Å². The zero-order valence-electron chi connectivity index (χ0n) is 13.6. The molecule has 5 nitrogen and oxygen atoms in total. The predicted molar refractivity (Wildman–Crippen MR) is 89.7 cm³/mol. The second-order valence-electron chi connectivity index (χ2n) is 5.40. The quantitative estimate of drug-likeness (QED) is 0.870. The van der Waals surface area contributed by atoms with E-state index in [1.807, 2.05) is 0 Å². The Bertz CT molecular complexity index is 866. The largest absolute Gasteiger partial charge is 0.345 e. The molecule has 0 fully saturated rings. The molecule has 0 saturated heterocycles. The molecule has 2 aromatic rings. The smallest absolute Gasteiger partial charge is 0.252 e. The molecule has 24 heavy (non-hydrogen) atoms. The number of nitrogens with one attached hydrogen (secondary N) is 2. The highest BCUT2D eigenvalue weighted by Gasteiger charge is 2.19. The molecule has 0 aliphatic carbocycles. The van der Waals surface area contributed by atoms with Crippen molar-refractivity contribution in [3.8, 4) is 0 Å². The van der Waals surface area contributed by atoms with Gasteiger partial charge in [-0.1, -0.05) is 24.3 Å². The molecule has 1 atom stereocenters. The van der Waals surface area contributed by atoms with Crippen LogP contribution in [0.15, 0.2) is 47.4 Å². The molecule has 1 amide bonds. The van der Waals surface area contributed by atoms with Gasteiger partial charge in [0, 0.05) is 11.1 Å². The van der Waals surface area contributed by atoms with Gasteiger partial charge in [0.2, 0.25) is 10.0 Å². The van der Waals surface area contributed by atoms with Gasteiger partial charge in [0.15, 0.2) is 0 Å². The lowest BCUT2D eigenvalue weighted by molar-refractivity contribution is 0.0938. The summed E-state index contributed by atoms with van der Waals surface area (Å²) in [4.78, 5) is 12.5. The van der Waals surface area contributed by atoms with E-state index in [0.717, 1.165) is 0 Å². The van der Waals surface area contributed by atoms with Crippen LogP contribution in [0.1, 0.15) is 34.5 Å². The van der Waals surface area contributed by atoms with Crippen molar-refractivity contribution in [2.24, 2.45) is 0 Å². The normalized spacial score (nSPS) is 12.7. The van der Waals surface area contributed by atoms with Crippen LogP contribution in [0.2, 0.25) is 0 Å². The lowest BCUT2D eigenvalue weighted by atomic mass is 10.1. The molecule has 2 aromatic carbocycles. The van der Waals surface area contributed by atoms with E-state index in [2.05, 4.69) is 10.0 Å². The average molecular weight is 350 g/mol. The average Bonchev–Trinajstić information content (AvgIpc) is 2.55. The highest BCUT2D eigenvalue weighted by atomic mass is 32.2. The summed E-state index contributed by atoms with van der Waals surface area (Å²) in [6, 6.07) is 9.92. The summed E-state index contributed by atoms with van der Waals surface area (Å²) in [7, 11) is -2.35. The van der Waals surface area contributed by atoms with Crippen LogP contribution in [0, 0.1) is 12.7 Å². The maximum absolute atomic E-state index is 13.8. The Morgan fingerprint density at radius 3 is 2.46 bits per heavy atom. The molecule has 0 saturated carbocycles. The third-order valence-corrected chi connectivity index (χ3v) is 5.16. The minimum atomic E-state index is -3.65. The molecule has 0 aliphatic rings. The van der Waals surface area contributed by atoms with E-state index in [1.165, 1.54) is 25.2 Å². The molecule has 0 unspecified atom stereocenters. The molecule has 0 heterocycles. The fourth-order valence-electron chi connectivity index (χ4n) is 2.31. The number of carbonyl (C=O) groups excluding carboxylic acids is 1. The molecule has 128 valence electrons. The molecular formula is C17H19FN2O3S. The molecule has 7 heteroatoms. The number of benzene rings is 2. The van der Waals surface area contributed by atoms with E-state index in [4.69, 9.17) is 0 Å². The first-order chi connectivity index (χ1) is 11.3. The molecule has 2 rings (SSSR count). The highest BCUT2D eigenvalue weighted by Crippen LogP contribution is 2.19. The SMILES string of the molecule is CNS(=O)(=O)c1ccc(C)c(C(=O)N[C@H](C)c2ccccc2F)c1. The maximum atomic E-state index is 13.8. The topological polar surface area (TPSA) is 75.3 Å². The van der Waals surface area contributed by atoms with E-state index >= 15 is 0 Å². The predicted octanol–water partition coefficient (Wildman–Crippen LogP) is 2.53. The van der Waals surface area contributed by atoms with Gasteiger partial charge >= 0.3 is 0 Å². The lowest BCUT2D eigenvalue weighted by Gasteiger charge is -2.16. The molecular weight excluding hydrogens is 331 g/mol. The molecule has 0 spiro atoms. The van der Waals surface area contributed by atoms with E-state index in [-0.39, 0.29) is 10.5 Å². The van der Waals surface area contributed by atoms with Crippen molar-refractivity contribution in [3.05, 3.63) is 65.0 Å². The van der Waals surface area contributed by atoms with Gasteiger partial charge in [0.25, 0.3) is 5.91 Å². The molecule has 0 radical (unpaired) electrons. The minimum absolute atomic E-state index is 0.000653. The van der Waals surface area contributed by atoms with Gasteiger partial charge in [-0.3, -0.25) is 4.79 Å². The van der Waals surface area contributed by atoms with Crippen LogP contribution in [0.3, 0.4) is 0 Å². The van der Waals surface area contributed by atoms with Crippen molar-refractivity contribution in [2.75, 3.05) is 7.05 Å². The Balaban J connectivity index is 2.30. The van der Waals surface area contributed by atoms with Crippen molar-refractivity contribution >= 4 is 15.9 Å². The summed E-state index contributed by atoms with van der Waals surface area (Å²) in [6.45, 7) is 3.37. The minimum Gasteiger partial charge on any atom is -0.345 e. The van der Waals surface area contributed by atoms with Gasteiger partial charge < -0.3 is 5.32 Å². The number of amides is 1. The van der Waals surface area contributed by atoms with Crippen LogP contribution in [0.4, 0.5) is 4.39 Å². The van der Waals surface area contributed by atoms with E-state index in [0.29, 0.717) is 11.1 Å². The van der Waals surface area contributed by atoms with Crippen LogP contribution in [0.5, 0.6) is 0 Å². The van der Waals surface area contributed by atoms with Crippen molar-refractivity contribution in [1.29, 1.82) is 0 Å². The summed E-state index contributed by atoms with van der Waals surface area (Å²) in [6.07, 6.45) is 0. The van der Waals surface area contributed by atoms with Crippen LogP contribution in [-0.2, 0) is 10.0 Å². The van der Waals surface area contributed by atoms with E-state index in [9.17, 15) is 17.6 Å². The zero-order chi connectivity index (χ0) is 17.9. The van der Waals surface area contributed by atoms with Crippen LogP contribution in [0.25, 0.3) is 0 Å². The van der Waals surface area contributed by atoms with Gasteiger partial charge in [-0.05, 0) is 44.7 Å². The van der Waals surface area contributed by atoms with E-state index < -0.39 is 27.8 Å². The molecule has 2 N–H and O–H groups in total. The number of hydrogen-bond donors (Lipinski definition) is 2. The summed E-state index contributed by atoms with van der Waals surface area (Å²) in [5.41, 5.74) is 1.22. The van der Waals surface area contributed by atoms with Gasteiger partial charge in [-0.15, -0.1) is 0 Å². The number of aryl methyl sites for hydroxylation is 1. The number of sulfonamides is 1. The summed E-state index contributed by atoms with van der Waals surface area (Å²) < 4.78 is 39.8. The first-order valence-electron chi connectivity index (χ1n) is 7.35. The summed E-state index contributed by atoms with van der Waals surface area (Å²) in [5.74, 6) is -0.870. The Kier molecular flexibility index (Phi) is 5.36. The molecule has 0 aromatic heterocycles. The Hall–Kier alpha value is -2.25. The van der Waals surface area contributed by atoms with Crippen molar-refractivity contribution in [3.63, 3.8) is 0 Å². The second kappa shape index (κ2) is 7.11. The molecule has 0 aliphatic heterocycles. The Morgan fingerprint density at radius 1 is 1.17 bits per heavy atom. The number of hydrogen-bond acceptors (Lipinski definition) is 3. The van der Waals surface area contributed by atoms with Gasteiger partial charge in [-0.25, -0.2) is 17.5 Å². The molecule has 0 bridgehead atoms. The lowest BCUT2D eigenvalue weighted by Crippen LogP contribution is -2.28. The van der Waals surface area contributed by atoms with Crippen molar-refractivity contribution in [1.82, 2.24) is 10.0 Å². The third kappa shape index (κ3) is 3.80. The van der Waals surface area contributed by atoms with Crippen LogP contribution >= 0.6 is 0 Å².